The highest BCUT2D eigenvalue weighted by molar-refractivity contribution is 5.74. The highest BCUT2D eigenvalue weighted by Gasteiger charge is 2.28. The molecule has 2 amide bonds. The van der Waals surface area contributed by atoms with Crippen molar-refractivity contribution in [1.29, 1.82) is 0 Å². The summed E-state index contributed by atoms with van der Waals surface area (Å²) in [7, 11) is 0. The highest BCUT2D eigenvalue weighted by Crippen LogP contribution is 2.34. The van der Waals surface area contributed by atoms with E-state index in [9.17, 15) is 4.79 Å². The SMILES string of the molecule is CCCNC(=O)NC1CCCC(C)(C)C1. The van der Waals surface area contributed by atoms with E-state index < -0.39 is 0 Å². The molecule has 3 heteroatoms. The van der Waals surface area contributed by atoms with E-state index in [2.05, 4.69) is 31.4 Å². The van der Waals surface area contributed by atoms with Crippen LogP contribution in [0.3, 0.4) is 0 Å². The van der Waals surface area contributed by atoms with Crippen molar-refractivity contribution in [3.63, 3.8) is 0 Å². The van der Waals surface area contributed by atoms with Crippen molar-refractivity contribution in [1.82, 2.24) is 10.6 Å². The van der Waals surface area contributed by atoms with Gasteiger partial charge in [0.25, 0.3) is 0 Å². The summed E-state index contributed by atoms with van der Waals surface area (Å²) < 4.78 is 0. The second-order valence-corrected chi connectivity index (χ2v) is 5.36. The van der Waals surface area contributed by atoms with Gasteiger partial charge >= 0.3 is 6.03 Å². The van der Waals surface area contributed by atoms with Gasteiger partial charge in [-0.2, -0.15) is 0 Å². The lowest BCUT2D eigenvalue weighted by Gasteiger charge is -2.35. The predicted molar refractivity (Wildman–Crippen MR) is 62.9 cm³/mol. The van der Waals surface area contributed by atoms with E-state index in [0.717, 1.165) is 25.8 Å². The second-order valence-electron chi connectivity index (χ2n) is 5.36. The molecule has 0 aromatic heterocycles. The van der Waals surface area contributed by atoms with E-state index in [1.165, 1.54) is 12.8 Å². The van der Waals surface area contributed by atoms with Gasteiger partial charge in [-0.25, -0.2) is 4.79 Å². The van der Waals surface area contributed by atoms with Gasteiger partial charge in [0, 0.05) is 12.6 Å². The van der Waals surface area contributed by atoms with Crippen molar-refractivity contribution < 1.29 is 4.79 Å². The summed E-state index contributed by atoms with van der Waals surface area (Å²) in [4.78, 5) is 11.5. The monoisotopic (exact) mass is 212 g/mol. The maximum Gasteiger partial charge on any atom is 0.315 e. The fraction of sp³-hybridized carbons (Fsp3) is 0.917. The molecule has 3 nitrogen and oxygen atoms in total. The van der Waals surface area contributed by atoms with Crippen molar-refractivity contribution in [3.8, 4) is 0 Å². The zero-order valence-corrected chi connectivity index (χ0v) is 10.2. The first kappa shape index (κ1) is 12.3. The Hall–Kier alpha value is -0.730. The van der Waals surface area contributed by atoms with Crippen LogP contribution < -0.4 is 10.6 Å². The largest absolute Gasteiger partial charge is 0.338 e. The number of hydrogen-bond donors (Lipinski definition) is 2. The molecular weight excluding hydrogens is 188 g/mol. The van der Waals surface area contributed by atoms with E-state index in [1.54, 1.807) is 0 Å². The van der Waals surface area contributed by atoms with Gasteiger partial charge in [-0.15, -0.1) is 0 Å². The van der Waals surface area contributed by atoms with Crippen LogP contribution in [0.25, 0.3) is 0 Å². The topological polar surface area (TPSA) is 41.1 Å². The average molecular weight is 212 g/mol. The van der Waals surface area contributed by atoms with Gasteiger partial charge < -0.3 is 10.6 Å². The molecule has 1 fully saturated rings. The molecule has 88 valence electrons. The Bertz CT molecular complexity index is 214. The van der Waals surface area contributed by atoms with E-state index >= 15 is 0 Å². The third-order valence-corrected chi connectivity index (χ3v) is 3.08. The lowest BCUT2D eigenvalue weighted by atomic mass is 9.75. The lowest BCUT2D eigenvalue weighted by molar-refractivity contribution is 0.192. The van der Waals surface area contributed by atoms with Crippen LogP contribution in [0.5, 0.6) is 0 Å². The normalized spacial score (nSPS) is 24.6. The Labute approximate surface area is 93.0 Å². The number of carbonyl (C=O) groups is 1. The Morgan fingerprint density at radius 2 is 2.20 bits per heavy atom. The minimum Gasteiger partial charge on any atom is -0.338 e. The van der Waals surface area contributed by atoms with Crippen LogP contribution in [0, 0.1) is 5.41 Å². The molecule has 1 aliphatic carbocycles. The Morgan fingerprint density at radius 1 is 1.47 bits per heavy atom. The maximum absolute atomic E-state index is 11.5. The van der Waals surface area contributed by atoms with Gasteiger partial charge in [-0.1, -0.05) is 27.2 Å². The van der Waals surface area contributed by atoms with Crippen LogP contribution in [0.1, 0.15) is 52.9 Å². The summed E-state index contributed by atoms with van der Waals surface area (Å²) in [5.74, 6) is 0. The minimum atomic E-state index is -0.000417. The first-order valence-corrected chi connectivity index (χ1v) is 6.08. The lowest BCUT2D eigenvalue weighted by Crippen LogP contribution is -2.45. The molecule has 0 spiro atoms. The standard InChI is InChI=1S/C12H24N2O/c1-4-8-13-11(15)14-10-6-5-7-12(2,3)9-10/h10H,4-9H2,1-3H3,(H2,13,14,15). The second kappa shape index (κ2) is 5.38. The zero-order valence-electron chi connectivity index (χ0n) is 10.2. The quantitative estimate of drug-likeness (QED) is 0.742. The van der Waals surface area contributed by atoms with Crippen molar-refractivity contribution in [3.05, 3.63) is 0 Å². The first-order chi connectivity index (χ1) is 7.03. The van der Waals surface area contributed by atoms with Crippen LogP contribution in [0.15, 0.2) is 0 Å². The van der Waals surface area contributed by atoms with Gasteiger partial charge in [-0.05, 0) is 31.1 Å². The first-order valence-electron chi connectivity index (χ1n) is 6.08. The fourth-order valence-electron chi connectivity index (χ4n) is 2.30. The number of nitrogens with one attached hydrogen (secondary N) is 2. The summed E-state index contributed by atoms with van der Waals surface area (Å²) in [6.07, 6.45) is 5.73. The predicted octanol–water partition coefficient (Wildman–Crippen LogP) is 2.66. The van der Waals surface area contributed by atoms with E-state index in [4.69, 9.17) is 0 Å². The van der Waals surface area contributed by atoms with Gasteiger partial charge in [-0.3, -0.25) is 0 Å². The van der Waals surface area contributed by atoms with Crippen LogP contribution in [0.2, 0.25) is 0 Å². The summed E-state index contributed by atoms with van der Waals surface area (Å²) in [6.45, 7) is 7.39. The number of carbonyl (C=O) groups excluding carboxylic acids is 1. The van der Waals surface area contributed by atoms with E-state index in [-0.39, 0.29) is 6.03 Å². The number of rotatable bonds is 3. The maximum atomic E-state index is 11.5. The molecule has 0 bridgehead atoms. The third-order valence-electron chi connectivity index (χ3n) is 3.08. The Morgan fingerprint density at radius 3 is 2.80 bits per heavy atom. The average Bonchev–Trinajstić information content (AvgIpc) is 2.13. The zero-order chi connectivity index (χ0) is 11.3. The van der Waals surface area contributed by atoms with Crippen LogP contribution in [-0.4, -0.2) is 18.6 Å². The Balaban J connectivity index is 2.28. The molecule has 0 aromatic carbocycles. The molecule has 1 unspecified atom stereocenters. The van der Waals surface area contributed by atoms with Crippen LogP contribution in [-0.2, 0) is 0 Å². The molecule has 2 N–H and O–H groups in total. The van der Waals surface area contributed by atoms with Gasteiger partial charge in [0.05, 0.1) is 0 Å². The number of urea groups is 1. The van der Waals surface area contributed by atoms with Crippen molar-refractivity contribution in [2.75, 3.05) is 6.54 Å². The molecule has 1 rings (SSSR count). The van der Waals surface area contributed by atoms with Crippen molar-refractivity contribution >= 4 is 6.03 Å². The fourth-order valence-corrected chi connectivity index (χ4v) is 2.30. The van der Waals surface area contributed by atoms with Crippen LogP contribution >= 0.6 is 0 Å². The molecule has 0 aromatic rings. The molecule has 0 saturated heterocycles. The summed E-state index contributed by atoms with van der Waals surface area (Å²) >= 11 is 0. The van der Waals surface area contributed by atoms with Gasteiger partial charge in [0.15, 0.2) is 0 Å². The van der Waals surface area contributed by atoms with Crippen molar-refractivity contribution in [2.45, 2.75) is 58.9 Å². The third kappa shape index (κ3) is 4.54. The smallest absolute Gasteiger partial charge is 0.315 e. The molecule has 0 radical (unpaired) electrons. The van der Waals surface area contributed by atoms with Crippen LogP contribution in [0.4, 0.5) is 4.79 Å². The highest BCUT2D eigenvalue weighted by atomic mass is 16.2. The molecule has 1 aliphatic rings. The molecule has 15 heavy (non-hydrogen) atoms. The molecule has 0 heterocycles. The van der Waals surface area contributed by atoms with Gasteiger partial charge in [0.2, 0.25) is 0 Å². The number of amides is 2. The molecule has 1 saturated carbocycles. The van der Waals surface area contributed by atoms with E-state index in [0.29, 0.717) is 11.5 Å². The molecule has 0 aliphatic heterocycles. The number of hydrogen-bond acceptors (Lipinski definition) is 1. The molecular formula is C12H24N2O. The van der Waals surface area contributed by atoms with Gasteiger partial charge in [0.1, 0.15) is 0 Å². The summed E-state index contributed by atoms with van der Waals surface area (Å²) in [5.41, 5.74) is 0.390. The Kier molecular flexibility index (Phi) is 4.43. The van der Waals surface area contributed by atoms with Crippen molar-refractivity contribution in [2.24, 2.45) is 5.41 Å². The summed E-state index contributed by atoms with van der Waals surface area (Å²) in [5, 5.41) is 5.92. The molecule has 1 atom stereocenters. The van der Waals surface area contributed by atoms with E-state index in [1.807, 2.05) is 0 Å². The minimum absolute atomic E-state index is 0.000417. The summed E-state index contributed by atoms with van der Waals surface area (Å²) in [6, 6.07) is 0.366.